The molecule has 0 heterocycles. The Balaban J connectivity index is 2.45. The summed E-state index contributed by atoms with van der Waals surface area (Å²) in [7, 11) is 0. The maximum Gasteiger partial charge on any atom is 0.442 e. The number of benzene rings is 1. The van der Waals surface area contributed by atoms with Crippen LogP contribution in [0.1, 0.15) is 5.56 Å². The molecule has 1 rings (SSSR count). The predicted molar refractivity (Wildman–Crippen MR) is 59.0 cm³/mol. The normalized spacial score (nSPS) is 12.3. The fraction of sp³-hybridized carbons (Fsp3) is 0.200. The molecular formula is C10H8ClF3S. The molecule has 0 aliphatic heterocycles. The Kier molecular flexibility index (Phi) is 4.54. The van der Waals surface area contributed by atoms with E-state index < -0.39 is 5.51 Å². The van der Waals surface area contributed by atoms with Crippen LogP contribution in [0.3, 0.4) is 0 Å². The molecule has 0 aliphatic rings. The third-order valence-electron chi connectivity index (χ3n) is 1.50. The van der Waals surface area contributed by atoms with Crippen LogP contribution in [-0.2, 0) is 0 Å². The van der Waals surface area contributed by atoms with E-state index >= 15 is 0 Å². The van der Waals surface area contributed by atoms with Gasteiger partial charge in [-0.05, 0) is 29.5 Å². The molecule has 82 valence electrons. The molecule has 0 fully saturated rings. The van der Waals surface area contributed by atoms with Gasteiger partial charge in [-0.25, -0.2) is 0 Å². The van der Waals surface area contributed by atoms with Gasteiger partial charge in [0.25, 0.3) is 0 Å². The molecule has 0 bridgehead atoms. The van der Waals surface area contributed by atoms with Crippen LogP contribution in [0, 0.1) is 0 Å². The maximum absolute atomic E-state index is 11.8. The summed E-state index contributed by atoms with van der Waals surface area (Å²) in [5.41, 5.74) is -3.37. The van der Waals surface area contributed by atoms with Gasteiger partial charge in [0, 0.05) is 10.8 Å². The van der Waals surface area contributed by atoms with E-state index in [2.05, 4.69) is 0 Å². The summed E-state index contributed by atoms with van der Waals surface area (Å²) in [6.45, 7) is 0. The summed E-state index contributed by atoms with van der Waals surface area (Å²) in [5, 5.41) is 0.570. The van der Waals surface area contributed by atoms with E-state index in [0.717, 1.165) is 5.56 Å². The summed E-state index contributed by atoms with van der Waals surface area (Å²) in [4.78, 5) is 0. The highest BCUT2D eigenvalue weighted by Gasteiger charge is 2.26. The number of thioether (sulfide) groups is 1. The topological polar surface area (TPSA) is 0 Å². The van der Waals surface area contributed by atoms with Crippen LogP contribution < -0.4 is 0 Å². The van der Waals surface area contributed by atoms with Gasteiger partial charge in [-0.3, -0.25) is 0 Å². The number of rotatable bonds is 3. The molecule has 0 N–H and O–H groups in total. The Morgan fingerprint density at radius 3 is 2.67 bits per heavy atom. The monoisotopic (exact) mass is 252 g/mol. The molecule has 5 heteroatoms. The second-order valence-corrected chi connectivity index (χ2v) is 4.24. The lowest BCUT2D eigenvalue weighted by molar-refractivity contribution is -0.0326. The Morgan fingerprint density at radius 1 is 1.33 bits per heavy atom. The van der Waals surface area contributed by atoms with Crippen molar-refractivity contribution in [2.75, 3.05) is 5.75 Å². The minimum absolute atomic E-state index is 0.0628. The van der Waals surface area contributed by atoms with Crippen LogP contribution in [-0.4, -0.2) is 11.3 Å². The molecule has 0 aromatic heterocycles. The smallest absolute Gasteiger partial charge is 0.160 e. The van der Waals surface area contributed by atoms with Crippen molar-refractivity contribution in [3.63, 3.8) is 0 Å². The van der Waals surface area contributed by atoms with Crippen LogP contribution in [0.15, 0.2) is 30.3 Å². The van der Waals surface area contributed by atoms with Gasteiger partial charge in [-0.1, -0.05) is 35.9 Å². The lowest BCUT2D eigenvalue weighted by Crippen LogP contribution is -1.99. The Bertz CT molecular complexity index is 347. The summed E-state index contributed by atoms with van der Waals surface area (Å²) in [6.07, 6.45) is 3.08. The number of hydrogen-bond donors (Lipinski definition) is 0. The highest BCUT2D eigenvalue weighted by atomic mass is 35.5. The van der Waals surface area contributed by atoms with E-state index in [0.29, 0.717) is 5.02 Å². The SMILES string of the molecule is FC(F)(F)SC/C=C/c1cccc(Cl)c1. The minimum atomic E-state index is -4.17. The number of halogens is 4. The first-order valence-corrected chi connectivity index (χ1v) is 5.46. The highest BCUT2D eigenvalue weighted by Crippen LogP contribution is 2.30. The molecule has 1 aromatic carbocycles. The van der Waals surface area contributed by atoms with Crippen LogP contribution in [0.4, 0.5) is 13.2 Å². The van der Waals surface area contributed by atoms with Crippen molar-refractivity contribution in [2.45, 2.75) is 5.51 Å². The first-order valence-electron chi connectivity index (χ1n) is 4.10. The molecule has 0 spiro atoms. The van der Waals surface area contributed by atoms with Gasteiger partial charge in [0.1, 0.15) is 0 Å². The molecule has 0 amide bonds. The fourth-order valence-corrected chi connectivity index (χ4v) is 1.52. The summed E-state index contributed by atoms with van der Waals surface area (Å²) in [6, 6.07) is 6.93. The lowest BCUT2D eigenvalue weighted by Gasteiger charge is -2.01. The van der Waals surface area contributed by atoms with E-state index in [1.54, 1.807) is 30.3 Å². The molecule has 0 aliphatic carbocycles. The molecule has 0 unspecified atom stereocenters. The Hall–Kier alpha value is -0.610. The van der Waals surface area contributed by atoms with Crippen LogP contribution in [0.2, 0.25) is 5.02 Å². The molecule has 0 saturated carbocycles. The van der Waals surface area contributed by atoms with Crippen molar-refractivity contribution < 1.29 is 13.2 Å². The third-order valence-corrected chi connectivity index (χ3v) is 2.42. The Morgan fingerprint density at radius 2 is 2.07 bits per heavy atom. The molecule has 0 radical (unpaired) electrons. The van der Waals surface area contributed by atoms with E-state index in [-0.39, 0.29) is 17.5 Å². The van der Waals surface area contributed by atoms with E-state index in [1.165, 1.54) is 6.08 Å². The van der Waals surface area contributed by atoms with E-state index in [9.17, 15) is 13.2 Å². The first kappa shape index (κ1) is 12.5. The second kappa shape index (κ2) is 5.47. The van der Waals surface area contributed by atoms with Crippen molar-refractivity contribution >= 4 is 29.4 Å². The first-order chi connectivity index (χ1) is 6.97. The lowest BCUT2D eigenvalue weighted by atomic mass is 10.2. The van der Waals surface area contributed by atoms with Gasteiger partial charge in [-0.15, -0.1) is 0 Å². The van der Waals surface area contributed by atoms with Crippen molar-refractivity contribution in [3.05, 3.63) is 40.9 Å². The molecular weight excluding hydrogens is 245 g/mol. The average molecular weight is 253 g/mol. The van der Waals surface area contributed by atoms with Crippen LogP contribution in [0.5, 0.6) is 0 Å². The zero-order valence-corrected chi connectivity index (χ0v) is 9.16. The predicted octanol–water partition coefficient (Wildman–Crippen LogP) is 4.61. The number of hydrogen-bond acceptors (Lipinski definition) is 1. The molecule has 1 aromatic rings. The molecule has 0 nitrogen and oxygen atoms in total. The quantitative estimate of drug-likeness (QED) is 0.757. The highest BCUT2D eigenvalue weighted by molar-refractivity contribution is 8.00. The maximum atomic E-state index is 11.8. The molecule has 0 atom stereocenters. The molecule has 0 saturated heterocycles. The van der Waals surface area contributed by atoms with Crippen molar-refractivity contribution in [1.29, 1.82) is 0 Å². The fourth-order valence-electron chi connectivity index (χ4n) is 0.937. The zero-order valence-electron chi connectivity index (χ0n) is 7.59. The van der Waals surface area contributed by atoms with Gasteiger partial charge in [0.05, 0.1) is 0 Å². The largest absolute Gasteiger partial charge is 0.442 e. The van der Waals surface area contributed by atoms with Crippen molar-refractivity contribution in [1.82, 2.24) is 0 Å². The van der Waals surface area contributed by atoms with Gasteiger partial charge in [0.2, 0.25) is 0 Å². The Labute approximate surface area is 95.1 Å². The van der Waals surface area contributed by atoms with E-state index in [1.807, 2.05) is 0 Å². The van der Waals surface area contributed by atoms with Crippen LogP contribution >= 0.6 is 23.4 Å². The average Bonchev–Trinajstić information content (AvgIpc) is 2.11. The van der Waals surface area contributed by atoms with Crippen molar-refractivity contribution in [3.8, 4) is 0 Å². The van der Waals surface area contributed by atoms with Gasteiger partial charge < -0.3 is 0 Å². The van der Waals surface area contributed by atoms with Crippen LogP contribution in [0.25, 0.3) is 6.08 Å². The summed E-state index contributed by atoms with van der Waals surface area (Å²) in [5.74, 6) is -0.0873. The van der Waals surface area contributed by atoms with Crippen molar-refractivity contribution in [2.24, 2.45) is 0 Å². The minimum Gasteiger partial charge on any atom is -0.160 e. The van der Waals surface area contributed by atoms with Gasteiger partial charge in [0.15, 0.2) is 0 Å². The zero-order chi connectivity index (χ0) is 11.3. The van der Waals surface area contributed by atoms with Gasteiger partial charge in [-0.2, -0.15) is 13.2 Å². The number of alkyl halides is 3. The summed E-state index contributed by atoms with van der Waals surface area (Å²) < 4.78 is 35.3. The van der Waals surface area contributed by atoms with Gasteiger partial charge >= 0.3 is 5.51 Å². The summed E-state index contributed by atoms with van der Waals surface area (Å²) >= 11 is 5.65. The third kappa shape index (κ3) is 5.74. The van der Waals surface area contributed by atoms with E-state index in [4.69, 9.17) is 11.6 Å². The standard InChI is InChI=1S/C10H8ClF3S/c11-9-5-1-3-8(7-9)4-2-6-15-10(12,13)14/h1-5,7H,6H2/b4-2+. The molecule has 15 heavy (non-hydrogen) atoms. The second-order valence-electron chi connectivity index (χ2n) is 2.71.